The summed E-state index contributed by atoms with van der Waals surface area (Å²) in [5, 5.41) is 13.3. The van der Waals surface area contributed by atoms with E-state index in [0.29, 0.717) is 12.0 Å². The molecule has 0 amide bonds. The van der Waals surface area contributed by atoms with Gasteiger partial charge >= 0.3 is 0 Å². The first-order valence-electron chi connectivity index (χ1n) is 7.33. The van der Waals surface area contributed by atoms with Gasteiger partial charge in [0.05, 0.1) is 6.10 Å². The molecule has 112 valence electrons. The molecule has 0 saturated heterocycles. The van der Waals surface area contributed by atoms with Crippen molar-refractivity contribution in [2.45, 2.75) is 45.3 Å². The Kier molecular flexibility index (Phi) is 5.11. The molecule has 2 rings (SSSR count). The summed E-state index contributed by atoms with van der Waals surface area (Å²) in [7, 11) is 0. The molecule has 0 aliphatic heterocycles. The maximum Gasteiger partial charge on any atom is 0.129 e. The van der Waals surface area contributed by atoms with Gasteiger partial charge in [-0.05, 0) is 49.3 Å². The monoisotopic (exact) mass is 283 g/mol. The summed E-state index contributed by atoms with van der Waals surface area (Å²) in [6, 6.07) is 3.53. The molecule has 0 radical (unpaired) electrons. The SMILES string of the molecule is CC1CCC(NCC(O)c2cc(F)ccc2F)CC1C. The Hall–Kier alpha value is -1.00. The Bertz CT molecular complexity index is 452. The van der Waals surface area contributed by atoms with Crippen LogP contribution >= 0.6 is 0 Å². The standard InChI is InChI=1S/C16H23F2NO/c1-10-3-5-13(7-11(10)2)19-9-16(20)14-8-12(17)4-6-15(14)18/h4,6,8,10-11,13,16,19-20H,3,5,7,9H2,1-2H3. The molecule has 0 heterocycles. The van der Waals surface area contributed by atoms with Crippen LogP contribution in [0, 0.1) is 23.5 Å². The van der Waals surface area contributed by atoms with Gasteiger partial charge in [-0.2, -0.15) is 0 Å². The molecule has 0 spiro atoms. The van der Waals surface area contributed by atoms with E-state index in [-0.39, 0.29) is 12.1 Å². The summed E-state index contributed by atoms with van der Waals surface area (Å²) < 4.78 is 26.6. The highest BCUT2D eigenvalue weighted by Crippen LogP contribution is 2.29. The van der Waals surface area contributed by atoms with Gasteiger partial charge < -0.3 is 10.4 Å². The van der Waals surface area contributed by atoms with E-state index >= 15 is 0 Å². The fourth-order valence-electron chi connectivity index (χ4n) is 2.89. The third-order valence-corrected chi connectivity index (χ3v) is 4.52. The van der Waals surface area contributed by atoms with Gasteiger partial charge in [-0.15, -0.1) is 0 Å². The van der Waals surface area contributed by atoms with E-state index in [0.717, 1.165) is 37.0 Å². The van der Waals surface area contributed by atoms with Gasteiger partial charge in [0.2, 0.25) is 0 Å². The van der Waals surface area contributed by atoms with Crippen molar-refractivity contribution in [3.63, 3.8) is 0 Å². The van der Waals surface area contributed by atoms with Crippen molar-refractivity contribution in [2.75, 3.05) is 6.54 Å². The van der Waals surface area contributed by atoms with Crippen LogP contribution in [-0.2, 0) is 0 Å². The highest BCUT2D eigenvalue weighted by molar-refractivity contribution is 5.21. The van der Waals surface area contributed by atoms with Crippen LogP contribution in [0.1, 0.15) is 44.8 Å². The minimum atomic E-state index is -1.01. The first-order valence-corrected chi connectivity index (χ1v) is 7.33. The van der Waals surface area contributed by atoms with Crippen LogP contribution in [0.2, 0.25) is 0 Å². The molecule has 20 heavy (non-hydrogen) atoms. The van der Waals surface area contributed by atoms with E-state index in [9.17, 15) is 13.9 Å². The topological polar surface area (TPSA) is 32.3 Å². The lowest BCUT2D eigenvalue weighted by Gasteiger charge is -2.33. The van der Waals surface area contributed by atoms with Crippen LogP contribution < -0.4 is 5.32 Å². The molecule has 1 fully saturated rings. The Balaban J connectivity index is 1.89. The molecule has 1 aromatic carbocycles. The van der Waals surface area contributed by atoms with Crippen molar-refractivity contribution in [3.05, 3.63) is 35.4 Å². The third-order valence-electron chi connectivity index (χ3n) is 4.52. The van der Waals surface area contributed by atoms with Gasteiger partial charge in [-0.25, -0.2) is 8.78 Å². The zero-order valence-electron chi connectivity index (χ0n) is 12.1. The Morgan fingerprint density at radius 2 is 2.00 bits per heavy atom. The van der Waals surface area contributed by atoms with Crippen molar-refractivity contribution >= 4 is 0 Å². The molecule has 1 aliphatic rings. The average molecular weight is 283 g/mol. The van der Waals surface area contributed by atoms with E-state index < -0.39 is 17.7 Å². The quantitative estimate of drug-likeness (QED) is 0.887. The van der Waals surface area contributed by atoms with Crippen LogP contribution in [0.5, 0.6) is 0 Å². The molecule has 0 aromatic heterocycles. The number of hydrogen-bond acceptors (Lipinski definition) is 2. The van der Waals surface area contributed by atoms with Crippen molar-refractivity contribution < 1.29 is 13.9 Å². The molecule has 2 nitrogen and oxygen atoms in total. The van der Waals surface area contributed by atoms with E-state index in [1.165, 1.54) is 6.42 Å². The normalized spacial score (nSPS) is 28.4. The second-order valence-electron chi connectivity index (χ2n) is 6.05. The van der Waals surface area contributed by atoms with Crippen LogP contribution in [-0.4, -0.2) is 17.7 Å². The number of aliphatic hydroxyl groups is 1. The second-order valence-corrected chi connectivity index (χ2v) is 6.05. The minimum Gasteiger partial charge on any atom is -0.387 e. The maximum atomic E-state index is 13.5. The molecule has 4 atom stereocenters. The Morgan fingerprint density at radius 1 is 1.25 bits per heavy atom. The number of benzene rings is 1. The minimum absolute atomic E-state index is 0.0229. The number of halogens is 2. The molecule has 4 heteroatoms. The molecule has 0 bridgehead atoms. The van der Waals surface area contributed by atoms with Gasteiger partial charge in [0.1, 0.15) is 11.6 Å². The lowest BCUT2D eigenvalue weighted by molar-refractivity contribution is 0.150. The van der Waals surface area contributed by atoms with Crippen LogP contribution in [0.25, 0.3) is 0 Å². The van der Waals surface area contributed by atoms with Crippen LogP contribution in [0.3, 0.4) is 0 Å². The first-order chi connectivity index (χ1) is 9.47. The van der Waals surface area contributed by atoms with Gasteiger partial charge in [0, 0.05) is 18.2 Å². The smallest absolute Gasteiger partial charge is 0.129 e. The lowest BCUT2D eigenvalue weighted by Crippen LogP contribution is -2.38. The third kappa shape index (κ3) is 3.76. The van der Waals surface area contributed by atoms with Crippen molar-refractivity contribution in [1.29, 1.82) is 0 Å². The molecular formula is C16H23F2NO. The summed E-state index contributed by atoms with van der Waals surface area (Å²) in [6.07, 6.45) is 2.30. The number of rotatable bonds is 4. The Morgan fingerprint density at radius 3 is 2.70 bits per heavy atom. The highest BCUT2D eigenvalue weighted by atomic mass is 19.1. The van der Waals surface area contributed by atoms with E-state index in [2.05, 4.69) is 19.2 Å². The fourth-order valence-corrected chi connectivity index (χ4v) is 2.89. The van der Waals surface area contributed by atoms with E-state index in [1.807, 2.05) is 0 Å². The fraction of sp³-hybridized carbons (Fsp3) is 0.625. The van der Waals surface area contributed by atoms with Gasteiger partial charge in [0.25, 0.3) is 0 Å². The molecule has 4 unspecified atom stereocenters. The van der Waals surface area contributed by atoms with Crippen molar-refractivity contribution in [3.8, 4) is 0 Å². The molecule has 2 N–H and O–H groups in total. The average Bonchev–Trinajstić information content (AvgIpc) is 2.42. The highest BCUT2D eigenvalue weighted by Gasteiger charge is 2.25. The summed E-state index contributed by atoms with van der Waals surface area (Å²) in [4.78, 5) is 0. The van der Waals surface area contributed by atoms with E-state index in [4.69, 9.17) is 0 Å². The molecule has 1 aliphatic carbocycles. The Labute approximate surface area is 119 Å². The van der Waals surface area contributed by atoms with Crippen LogP contribution in [0.15, 0.2) is 18.2 Å². The number of hydrogen-bond donors (Lipinski definition) is 2. The maximum absolute atomic E-state index is 13.5. The predicted octanol–water partition coefficient (Wildman–Crippen LogP) is 3.41. The predicted molar refractivity (Wildman–Crippen MR) is 75.3 cm³/mol. The molecule has 1 saturated carbocycles. The van der Waals surface area contributed by atoms with Gasteiger partial charge in [0.15, 0.2) is 0 Å². The first kappa shape index (κ1) is 15.4. The zero-order valence-corrected chi connectivity index (χ0v) is 12.1. The largest absolute Gasteiger partial charge is 0.387 e. The summed E-state index contributed by atoms with van der Waals surface area (Å²) >= 11 is 0. The van der Waals surface area contributed by atoms with Crippen molar-refractivity contribution in [1.82, 2.24) is 5.32 Å². The molecular weight excluding hydrogens is 260 g/mol. The van der Waals surface area contributed by atoms with E-state index in [1.54, 1.807) is 0 Å². The molecule has 1 aromatic rings. The second kappa shape index (κ2) is 6.64. The summed E-state index contributed by atoms with van der Waals surface area (Å²) in [5.41, 5.74) is 0.0229. The van der Waals surface area contributed by atoms with Crippen molar-refractivity contribution in [2.24, 2.45) is 11.8 Å². The zero-order chi connectivity index (χ0) is 14.7. The number of nitrogens with one attached hydrogen (secondary N) is 1. The summed E-state index contributed by atoms with van der Waals surface area (Å²) in [5.74, 6) is 0.301. The summed E-state index contributed by atoms with van der Waals surface area (Å²) in [6.45, 7) is 4.76. The lowest BCUT2D eigenvalue weighted by atomic mass is 9.79. The van der Waals surface area contributed by atoms with Gasteiger partial charge in [-0.1, -0.05) is 13.8 Å². The van der Waals surface area contributed by atoms with Crippen LogP contribution in [0.4, 0.5) is 8.78 Å². The van der Waals surface area contributed by atoms with Gasteiger partial charge in [-0.3, -0.25) is 0 Å². The number of aliphatic hydroxyl groups excluding tert-OH is 1.